The number of nitrogens with one attached hydrogen (secondary N) is 1. The van der Waals surface area contributed by atoms with Gasteiger partial charge in [-0.1, -0.05) is 36.9 Å². The highest BCUT2D eigenvalue weighted by atomic mass is 32.2. The van der Waals surface area contributed by atoms with Gasteiger partial charge in [0.1, 0.15) is 17.1 Å². The van der Waals surface area contributed by atoms with Gasteiger partial charge in [0.15, 0.2) is 5.58 Å². The highest BCUT2D eigenvalue weighted by molar-refractivity contribution is 8.00. The van der Waals surface area contributed by atoms with Gasteiger partial charge >= 0.3 is 0 Å². The summed E-state index contributed by atoms with van der Waals surface area (Å²) in [6.45, 7) is 5.89. The third-order valence-electron chi connectivity index (χ3n) is 4.51. The van der Waals surface area contributed by atoms with Gasteiger partial charge in [0, 0.05) is 17.8 Å². The van der Waals surface area contributed by atoms with Gasteiger partial charge in [-0.25, -0.2) is 0 Å². The first-order chi connectivity index (χ1) is 13.1. The fourth-order valence-electron chi connectivity index (χ4n) is 3.07. The summed E-state index contributed by atoms with van der Waals surface area (Å²) in [6.07, 6.45) is 2.35. The normalized spacial score (nSPS) is 12.6. The van der Waals surface area contributed by atoms with E-state index < -0.39 is 0 Å². The van der Waals surface area contributed by atoms with Crippen LogP contribution >= 0.6 is 11.8 Å². The molecule has 138 valence electrons. The number of benzene rings is 1. The van der Waals surface area contributed by atoms with Gasteiger partial charge in [0.2, 0.25) is 5.91 Å². The maximum Gasteiger partial charge on any atom is 0.237 e. The van der Waals surface area contributed by atoms with E-state index in [0.29, 0.717) is 11.4 Å². The number of rotatable bonds is 5. The van der Waals surface area contributed by atoms with Crippen molar-refractivity contribution in [1.29, 1.82) is 0 Å². The average molecular weight is 380 g/mol. The summed E-state index contributed by atoms with van der Waals surface area (Å²) < 4.78 is 7.67. The van der Waals surface area contributed by atoms with Crippen molar-refractivity contribution in [3.63, 3.8) is 0 Å². The van der Waals surface area contributed by atoms with Crippen molar-refractivity contribution in [2.75, 3.05) is 5.32 Å². The number of aryl methyl sites for hydroxylation is 2. The summed E-state index contributed by atoms with van der Waals surface area (Å²) in [4.78, 5) is 12.8. The number of anilines is 1. The number of aromatic nitrogens is 3. The topological polar surface area (TPSA) is 72.4 Å². The van der Waals surface area contributed by atoms with Gasteiger partial charge in [-0.2, -0.15) is 0 Å². The van der Waals surface area contributed by atoms with Crippen LogP contribution in [0.1, 0.15) is 24.7 Å². The van der Waals surface area contributed by atoms with Gasteiger partial charge in [-0.15, -0.1) is 10.2 Å². The number of carbonyl (C=O) groups excluding carboxylic acids is 1. The molecule has 0 bridgehead atoms. The molecule has 7 heteroatoms. The molecule has 27 heavy (non-hydrogen) atoms. The molecule has 3 heterocycles. The molecule has 1 unspecified atom stereocenters. The number of thioether (sulfide) groups is 1. The SMILES string of the molecule is CCC(Sc1nncn2c1cc1oc(C)cc12)C(=O)Nc1ccccc1C. The Balaban J connectivity index is 1.62. The van der Waals surface area contributed by atoms with Gasteiger partial charge in [-0.3, -0.25) is 9.20 Å². The van der Waals surface area contributed by atoms with Crippen LogP contribution in [0.5, 0.6) is 0 Å². The van der Waals surface area contributed by atoms with E-state index in [1.165, 1.54) is 11.8 Å². The zero-order chi connectivity index (χ0) is 19.0. The number of para-hydroxylation sites is 1. The maximum atomic E-state index is 12.8. The second kappa shape index (κ2) is 7.08. The molecule has 0 aliphatic rings. The van der Waals surface area contributed by atoms with Crippen LogP contribution in [-0.4, -0.2) is 25.8 Å². The Morgan fingerprint density at radius 2 is 2.07 bits per heavy atom. The predicted molar refractivity (Wildman–Crippen MR) is 107 cm³/mol. The molecule has 0 saturated heterocycles. The zero-order valence-electron chi connectivity index (χ0n) is 15.4. The molecule has 0 fully saturated rings. The van der Waals surface area contributed by atoms with E-state index in [1.807, 2.05) is 61.6 Å². The molecule has 3 aromatic heterocycles. The third-order valence-corrected chi connectivity index (χ3v) is 5.85. The number of fused-ring (bicyclic) bond motifs is 3. The van der Waals surface area contributed by atoms with Crippen molar-refractivity contribution in [3.8, 4) is 0 Å². The van der Waals surface area contributed by atoms with E-state index in [4.69, 9.17) is 4.42 Å². The summed E-state index contributed by atoms with van der Waals surface area (Å²) in [6, 6.07) is 11.7. The lowest BCUT2D eigenvalue weighted by atomic mass is 10.2. The monoisotopic (exact) mass is 380 g/mol. The van der Waals surface area contributed by atoms with Crippen molar-refractivity contribution in [2.24, 2.45) is 0 Å². The second-order valence-electron chi connectivity index (χ2n) is 6.46. The Labute approximate surface area is 161 Å². The van der Waals surface area contributed by atoms with E-state index in [0.717, 1.165) is 33.6 Å². The lowest BCUT2D eigenvalue weighted by Gasteiger charge is -2.15. The van der Waals surface area contributed by atoms with Crippen LogP contribution < -0.4 is 5.32 Å². The number of carbonyl (C=O) groups is 1. The van der Waals surface area contributed by atoms with E-state index in [9.17, 15) is 4.79 Å². The lowest BCUT2D eigenvalue weighted by Crippen LogP contribution is -2.25. The molecule has 0 spiro atoms. The van der Waals surface area contributed by atoms with Crippen LogP contribution in [0.4, 0.5) is 5.69 Å². The predicted octanol–water partition coefficient (Wildman–Crippen LogP) is 4.60. The molecular weight excluding hydrogens is 360 g/mol. The molecule has 4 aromatic rings. The molecule has 0 saturated carbocycles. The Morgan fingerprint density at radius 3 is 2.85 bits per heavy atom. The fraction of sp³-hybridized carbons (Fsp3) is 0.250. The van der Waals surface area contributed by atoms with Gasteiger partial charge in [0.05, 0.1) is 16.3 Å². The number of nitrogens with zero attached hydrogens (tertiary/aromatic N) is 3. The Kier molecular flexibility index (Phi) is 4.61. The van der Waals surface area contributed by atoms with Crippen LogP contribution in [-0.2, 0) is 4.79 Å². The zero-order valence-corrected chi connectivity index (χ0v) is 16.2. The highest BCUT2D eigenvalue weighted by Gasteiger charge is 2.22. The van der Waals surface area contributed by atoms with Crippen molar-refractivity contribution in [1.82, 2.24) is 14.6 Å². The average Bonchev–Trinajstić information content (AvgIpc) is 3.18. The Hall–Kier alpha value is -2.80. The quantitative estimate of drug-likeness (QED) is 0.512. The molecule has 0 radical (unpaired) electrons. The number of amides is 1. The number of hydrogen-bond acceptors (Lipinski definition) is 5. The molecule has 1 atom stereocenters. The minimum absolute atomic E-state index is 0.0355. The molecule has 1 N–H and O–H groups in total. The van der Waals surface area contributed by atoms with Crippen LogP contribution in [0.2, 0.25) is 0 Å². The van der Waals surface area contributed by atoms with Crippen LogP contribution in [0.25, 0.3) is 16.6 Å². The van der Waals surface area contributed by atoms with Crippen molar-refractivity contribution in [2.45, 2.75) is 37.5 Å². The number of furan rings is 1. The second-order valence-corrected chi connectivity index (χ2v) is 7.65. The summed E-state index contributed by atoms with van der Waals surface area (Å²) in [5.74, 6) is 0.816. The summed E-state index contributed by atoms with van der Waals surface area (Å²) in [7, 11) is 0. The Morgan fingerprint density at radius 1 is 1.26 bits per heavy atom. The molecule has 1 amide bonds. The molecule has 1 aromatic carbocycles. The largest absolute Gasteiger partial charge is 0.460 e. The van der Waals surface area contributed by atoms with Crippen LogP contribution in [0, 0.1) is 13.8 Å². The minimum Gasteiger partial charge on any atom is -0.460 e. The molecule has 6 nitrogen and oxygen atoms in total. The first-order valence-corrected chi connectivity index (χ1v) is 9.71. The fourth-order valence-corrected chi connectivity index (χ4v) is 4.05. The third kappa shape index (κ3) is 3.30. The van der Waals surface area contributed by atoms with E-state index in [1.54, 1.807) is 6.33 Å². The molecule has 0 aliphatic heterocycles. The van der Waals surface area contributed by atoms with Crippen LogP contribution in [0.15, 0.2) is 52.2 Å². The van der Waals surface area contributed by atoms with E-state index in [2.05, 4.69) is 15.5 Å². The maximum absolute atomic E-state index is 12.8. The smallest absolute Gasteiger partial charge is 0.237 e. The number of hydrogen-bond donors (Lipinski definition) is 1. The summed E-state index contributed by atoms with van der Waals surface area (Å²) >= 11 is 1.43. The lowest BCUT2D eigenvalue weighted by molar-refractivity contribution is -0.115. The highest BCUT2D eigenvalue weighted by Crippen LogP contribution is 2.32. The van der Waals surface area contributed by atoms with Gasteiger partial charge in [-0.05, 0) is 31.9 Å². The van der Waals surface area contributed by atoms with E-state index in [-0.39, 0.29) is 11.2 Å². The van der Waals surface area contributed by atoms with E-state index >= 15 is 0 Å². The van der Waals surface area contributed by atoms with Crippen LogP contribution in [0.3, 0.4) is 0 Å². The first kappa shape index (κ1) is 17.6. The first-order valence-electron chi connectivity index (χ1n) is 8.83. The molecule has 0 aliphatic carbocycles. The standard InChI is InChI=1S/C20H20N4O2S/c1-4-18(19(25)22-14-8-6-5-7-12(14)2)27-20-16-10-17-15(9-13(3)26-17)24(16)11-21-23-20/h5-11,18H,4H2,1-3H3,(H,22,25). The van der Waals surface area contributed by atoms with Gasteiger partial charge in [0.25, 0.3) is 0 Å². The van der Waals surface area contributed by atoms with Crippen molar-refractivity contribution < 1.29 is 9.21 Å². The van der Waals surface area contributed by atoms with Gasteiger partial charge < -0.3 is 9.73 Å². The summed E-state index contributed by atoms with van der Waals surface area (Å²) in [5.41, 5.74) is 4.51. The van der Waals surface area contributed by atoms with Crippen molar-refractivity contribution in [3.05, 3.63) is 54.0 Å². The minimum atomic E-state index is -0.270. The molecular formula is C20H20N4O2S. The van der Waals surface area contributed by atoms with Crippen molar-refractivity contribution >= 4 is 40.0 Å². The molecule has 4 rings (SSSR count). The summed E-state index contributed by atoms with van der Waals surface area (Å²) in [5, 5.41) is 11.8. The Bertz CT molecular complexity index is 1130.